The van der Waals surface area contributed by atoms with Crippen LogP contribution in [-0.4, -0.2) is 57.5 Å². The van der Waals surface area contributed by atoms with E-state index in [4.69, 9.17) is 9.84 Å². The molecule has 1 amide bonds. The lowest BCUT2D eigenvalue weighted by Crippen LogP contribution is -2.46. The smallest absolute Gasteiger partial charge is 0.306 e. The van der Waals surface area contributed by atoms with E-state index in [1.807, 2.05) is 13.8 Å². The molecule has 0 radical (unpaired) electrons. The Hall–Kier alpha value is -2.74. The number of ether oxygens (including phenoxy) is 1. The number of carbonyl (C=O) groups is 2. The zero-order valence-corrected chi connectivity index (χ0v) is 15.3. The van der Waals surface area contributed by atoms with Gasteiger partial charge in [0.1, 0.15) is 5.82 Å². The van der Waals surface area contributed by atoms with Crippen molar-refractivity contribution in [2.75, 3.05) is 19.7 Å². The number of hydrogen-bond acceptors (Lipinski definition) is 4. The summed E-state index contributed by atoms with van der Waals surface area (Å²) < 4.78 is 20.3. The van der Waals surface area contributed by atoms with E-state index in [1.54, 1.807) is 21.7 Å². The summed E-state index contributed by atoms with van der Waals surface area (Å²) in [5, 5.41) is 13.3. The fourth-order valence-electron chi connectivity index (χ4n) is 3.26. The lowest BCUT2D eigenvalue weighted by Gasteiger charge is -2.32. The number of hydrogen-bond donors (Lipinski definition) is 1. The van der Waals surface area contributed by atoms with E-state index in [0.29, 0.717) is 24.4 Å². The van der Waals surface area contributed by atoms with Crippen LogP contribution in [0.15, 0.2) is 30.5 Å². The van der Waals surface area contributed by atoms with Crippen LogP contribution >= 0.6 is 0 Å². The first kappa shape index (κ1) is 19.0. The number of aliphatic carboxylic acids is 1. The van der Waals surface area contributed by atoms with Crippen molar-refractivity contribution in [3.63, 3.8) is 0 Å². The maximum atomic E-state index is 13.2. The largest absolute Gasteiger partial charge is 0.481 e. The predicted octanol–water partition coefficient (Wildman–Crippen LogP) is 2.45. The number of morpholine rings is 1. The first-order valence-corrected chi connectivity index (χ1v) is 8.83. The van der Waals surface area contributed by atoms with Gasteiger partial charge in [0.25, 0.3) is 5.91 Å². The Labute approximate surface area is 156 Å². The number of halogens is 1. The fraction of sp³-hybridized carbons (Fsp3) is 0.421. The summed E-state index contributed by atoms with van der Waals surface area (Å²) in [6, 6.07) is 5.92. The minimum atomic E-state index is -0.957. The minimum absolute atomic E-state index is 0.00681. The maximum absolute atomic E-state index is 13.2. The highest BCUT2D eigenvalue weighted by Crippen LogP contribution is 2.25. The van der Waals surface area contributed by atoms with Crippen molar-refractivity contribution in [2.24, 2.45) is 0 Å². The van der Waals surface area contributed by atoms with Crippen molar-refractivity contribution < 1.29 is 23.8 Å². The van der Waals surface area contributed by atoms with Crippen molar-refractivity contribution in [3.8, 4) is 5.69 Å². The first-order chi connectivity index (χ1) is 12.9. The zero-order chi connectivity index (χ0) is 19.6. The minimum Gasteiger partial charge on any atom is -0.481 e. The van der Waals surface area contributed by atoms with E-state index in [9.17, 15) is 14.0 Å². The molecule has 2 heterocycles. The van der Waals surface area contributed by atoms with Gasteiger partial charge in [0.15, 0.2) is 0 Å². The van der Waals surface area contributed by atoms with Crippen molar-refractivity contribution in [1.29, 1.82) is 0 Å². The Morgan fingerprint density at radius 1 is 1.33 bits per heavy atom. The lowest BCUT2D eigenvalue weighted by molar-refractivity contribution is -0.141. The topological polar surface area (TPSA) is 84.7 Å². The van der Waals surface area contributed by atoms with Crippen LogP contribution in [0, 0.1) is 5.82 Å². The highest BCUT2D eigenvalue weighted by molar-refractivity contribution is 5.95. The quantitative estimate of drug-likeness (QED) is 0.868. The highest BCUT2D eigenvalue weighted by atomic mass is 19.1. The molecule has 0 bridgehead atoms. The standard InChI is InChI=1S/C19H22FN3O4/c1-12(2)18-16(10-21-23(18)14-5-3-13(20)4-6-14)19(26)22-7-8-27-15(11-22)9-17(24)25/h3-6,10,12,15H,7-9,11H2,1-2H3,(H,24,25). The Bertz CT molecular complexity index is 832. The fourth-order valence-corrected chi connectivity index (χ4v) is 3.26. The molecule has 1 fully saturated rings. The molecule has 1 aliphatic heterocycles. The van der Waals surface area contributed by atoms with Crippen LogP contribution in [0.2, 0.25) is 0 Å². The van der Waals surface area contributed by atoms with Gasteiger partial charge in [0.05, 0.1) is 42.3 Å². The second-order valence-electron chi connectivity index (χ2n) is 6.83. The highest BCUT2D eigenvalue weighted by Gasteiger charge is 2.30. The van der Waals surface area contributed by atoms with Gasteiger partial charge in [-0.05, 0) is 30.2 Å². The summed E-state index contributed by atoms with van der Waals surface area (Å²) in [6.45, 7) is 4.84. The molecule has 0 spiro atoms. The van der Waals surface area contributed by atoms with Gasteiger partial charge in [0, 0.05) is 13.1 Å². The van der Waals surface area contributed by atoms with Crippen LogP contribution in [0.3, 0.4) is 0 Å². The van der Waals surface area contributed by atoms with E-state index in [1.165, 1.54) is 18.3 Å². The summed E-state index contributed by atoms with van der Waals surface area (Å²) in [4.78, 5) is 25.6. The summed E-state index contributed by atoms with van der Waals surface area (Å²) in [5.74, 6) is -1.49. The molecule has 1 aromatic carbocycles. The molecule has 0 aliphatic carbocycles. The third kappa shape index (κ3) is 4.16. The van der Waals surface area contributed by atoms with E-state index < -0.39 is 12.1 Å². The molecule has 1 aromatic heterocycles. The normalized spacial score (nSPS) is 17.3. The van der Waals surface area contributed by atoms with Gasteiger partial charge in [-0.25, -0.2) is 9.07 Å². The van der Waals surface area contributed by atoms with E-state index >= 15 is 0 Å². The molecule has 27 heavy (non-hydrogen) atoms. The molecular weight excluding hydrogens is 353 g/mol. The van der Waals surface area contributed by atoms with Gasteiger partial charge >= 0.3 is 5.97 Å². The predicted molar refractivity (Wildman–Crippen MR) is 95.5 cm³/mol. The summed E-state index contributed by atoms with van der Waals surface area (Å²) in [5.41, 5.74) is 1.86. The van der Waals surface area contributed by atoms with E-state index in [2.05, 4.69) is 5.10 Å². The Balaban J connectivity index is 1.88. The van der Waals surface area contributed by atoms with Gasteiger partial charge in [-0.15, -0.1) is 0 Å². The number of carbonyl (C=O) groups excluding carboxylic acids is 1. The van der Waals surface area contributed by atoms with Gasteiger partial charge in [0.2, 0.25) is 0 Å². The number of benzene rings is 1. The molecule has 1 unspecified atom stereocenters. The van der Waals surface area contributed by atoms with Crippen LogP contribution in [-0.2, 0) is 9.53 Å². The van der Waals surface area contributed by atoms with Gasteiger partial charge in [-0.1, -0.05) is 13.8 Å². The average Bonchev–Trinajstić information content (AvgIpc) is 3.06. The third-order valence-electron chi connectivity index (χ3n) is 4.48. The average molecular weight is 375 g/mol. The molecule has 2 aromatic rings. The molecule has 1 saturated heterocycles. The summed E-state index contributed by atoms with van der Waals surface area (Å²) in [6.07, 6.45) is 0.855. The maximum Gasteiger partial charge on any atom is 0.306 e. The number of amides is 1. The molecule has 1 N–H and O–H groups in total. The monoisotopic (exact) mass is 375 g/mol. The van der Waals surface area contributed by atoms with Gasteiger partial charge < -0.3 is 14.7 Å². The van der Waals surface area contributed by atoms with Gasteiger partial charge in [-0.2, -0.15) is 5.10 Å². The molecule has 7 nitrogen and oxygen atoms in total. The number of nitrogens with zero attached hydrogens (tertiary/aromatic N) is 3. The summed E-state index contributed by atoms with van der Waals surface area (Å²) in [7, 11) is 0. The molecule has 8 heteroatoms. The number of aromatic nitrogens is 2. The molecule has 0 saturated carbocycles. The van der Waals surface area contributed by atoms with Crippen molar-refractivity contribution in [2.45, 2.75) is 32.3 Å². The molecule has 3 rings (SSSR count). The van der Waals surface area contributed by atoms with Crippen LogP contribution in [0.1, 0.15) is 42.2 Å². The Morgan fingerprint density at radius 3 is 2.67 bits per heavy atom. The first-order valence-electron chi connectivity index (χ1n) is 8.83. The van der Waals surface area contributed by atoms with Crippen LogP contribution < -0.4 is 0 Å². The van der Waals surface area contributed by atoms with E-state index in [0.717, 1.165) is 5.69 Å². The van der Waals surface area contributed by atoms with Crippen LogP contribution in [0.25, 0.3) is 5.69 Å². The Morgan fingerprint density at radius 2 is 2.04 bits per heavy atom. The summed E-state index contributed by atoms with van der Waals surface area (Å²) >= 11 is 0. The lowest BCUT2D eigenvalue weighted by atomic mass is 10.0. The van der Waals surface area contributed by atoms with Gasteiger partial charge in [-0.3, -0.25) is 9.59 Å². The van der Waals surface area contributed by atoms with E-state index in [-0.39, 0.29) is 30.6 Å². The Kier molecular flexibility index (Phi) is 5.55. The van der Waals surface area contributed by atoms with Crippen molar-refractivity contribution in [1.82, 2.24) is 14.7 Å². The second-order valence-corrected chi connectivity index (χ2v) is 6.83. The molecule has 1 atom stereocenters. The zero-order valence-electron chi connectivity index (χ0n) is 15.3. The molecule has 144 valence electrons. The third-order valence-corrected chi connectivity index (χ3v) is 4.48. The van der Waals surface area contributed by atoms with Crippen LogP contribution in [0.5, 0.6) is 0 Å². The van der Waals surface area contributed by atoms with Crippen molar-refractivity contribution in [3.05, 3.63) is 47.5 Å². The SMILES string of the molecule is CC(C)c1c(C(=O)N2CCOC(CC(=O)O)C2)cnn1-c1ccc(F)cc1. The number of carboxylic acid groups (broad SMARTS) is 1. The number of rotatable bonds is 5. The van der Waals surface area contributed by atoms with Crippen molar-refractivity contribution >= 4 is 11.9 Å². The van der Waals surface area contributed by atoms with Crippen LogP contribution in [0.4, 0.5) is 4.39 Å². The number of carboxylic acids is 1. The molecular formula is C19H22FN3O4. The second kappa shape index (κ2) is 7.87. The molecule has 1 aliphatic rings.